The van der Waals surface area contributed by atoms with Crippen molar-refractivity contribution in [3.8, 4) is 0 Å². The summed E-state index contributed by atoms with van der Waals surface area (Å²) < 4.78 is 28.4. The maximum absolute atomic E-state index is 13.7. The van der Waals surface area contributed by atoms with Gasteiger partial charge in [0.2, 0.25) is 0 Å². The molecule has 0 unspecified atom stereocenters. The number of aromatic nitrogens is 2. The molecule has 0 aliphatic rings. The number of amides is 1. The molecule has 0 aliphatic heterocycles. The Hall–Kier alpha value is -2.44. The number of carbonyl (C=O) groups excluding carboxylic acids is 1. The van der Waals surface area contributed by atoms with E-state index in [9.17, 15) is 13.6 Å². The lowest BCUT2D eigenvalue weighted by atomic mass is 10.1. The van der Waals surface area contributed by atoms with E-state index in [1.807, 2.05) is 0 Å². The highest BCUT2D eigenvalue weighted by Gasteiger charge is 2.16. The first-order valence-electron chi connectivity index (χ1n) is 5.90. The van der Waals surface area contributed by atoms with Crippen molar-refractivity contribution in [1.82, 2.24) is 15.1 Å². The van der Waals surface area contributed by atoms with Gasteiger partial charge in [0.25, 0.3) is 5.91 Å². The topological polar surface area (TPSA) is 72.9 Å². The van der Waals surface area contributed by atoms with Crippen molar-refractivity contribution in [1.29, 1.82) is 0 Å². The first-order chi connectivity index (χ1) is 9.38. The van der Waals surface area contributed by atoms with Crippen LogP contribution < -0.4 is 11.1 Å². The molecule has 2 aromatic rings. The van der Waals surface area contributed by atoms with Crippen LogP contribution in [-0.4, -0.2) is 15.7 Å². The average Bonchev–Trinajstić information content (AvgIpc) is 2.69. The van der Waals surface area contributed by atoms with Gasteiger partial charge in [0.1, 0.15) is 5.82 Å². The Morgan fingerprint density at radius 1 is 1.45 bits per heavy atom. The molecule has 0 spiro atoms. The molecule has 5 nitrogen and oxygen atoms in total. The molecule has 0 radical (unpaired) electrons. The number of nitrogens with zero attached hydrogens (tertiary/aromatic N) is 2. The fourth-order valence-corrected chi connectivity index (χ4v) is 1.87. The number of benzene rings is 1. The Morgan fingerprint density at radius 2 is 2.15 bits per heavy atom. The molecular weight excluding hydrogens is 266 g/mol. The lowest BCUT2D eigenvalue weighted by Gasteiger charge is -2.07. The third-order valence-corrected chi connectivity index (χ3v) is 2.86. The molecule has 2 rings (SSSR count). The second-order valence-electron chi connectivity index (χ2n) is 4.45. The van der Waals surface area contributed by atoms with E-state index in [4.69, 9.17) is 5.73 Å². The van der Waals surface area contributed by atoms with Crippen LogP contribution in [0.3, 0.4) is 0 Å². The Morgan fingerprint density at radius 3 is 2.75 bits per heavy atom. The molecule has 0 fully saturated rings. The monoisotopic (exact) mass is 280 g/mol. The highest BCUT2D eigenvalue weighted by molar-refractivity contribution is 5.95. The van der Waals surface area contributed by atoms with Crippen LogP contribution in [0.5, 0.6) is 0 Å². The summed E-state index contributed by atoms with van der Waals surface area (Å²) in [6.07, 6.45) is 1.74. The molecule has 1 amide bonds. The summed E-state index contributed by atoms with van der Waals surface area (Å²) in [4.78, 5) is 11.9. The van der Waals surface area contributed by atoms with Gasteiger partial charge in [0, 0.05) is 25.4 Å². The van der Waals surface area contributed by atoms with Crippen LogP contribution >= 0.6 is 0 Å². The third-order valence-electron chi connectivity index (χ3n) is 2.86. The summed E-state index contributed by atoms with van der Waals surface area (Å²) in [5.41, 5.74) is 6.03. The number of aryl methyl sites for hydroxylation is 2. The minimum absolute atomic E-state index is 0.175. The maximum atomic E-state index is 13.7. The minimum atomic E-state index is -0.924. The Kier molecular flexibility index (Phi) is 3.69. The van der Waals surface area contributed by atoms with Gasteiger partial charge in [0.05, 0.1) is 16.9 Å². The predicted octanol–water partition coefficient (Wildman–Crippen LogP) is 1.52. The molecule has 0 atom stereocenters. The Bertz CT molecular complexity index is 667. The second kappa shape index (κ2) is 5.28. The molecule has 0 bridgehead atoms. The van der Waals surface area contributed by atoms with E-state index in [0.717, 1.165) is 23.4 Å². The molecule has 0 saturated heterocycles. The van der Waals surface area contributed by atoms with Gasteiger partial charge in [-0.15, -0.1) is 0 Å². The van der Waals surface area contributed by atoms with Crippen molar-refractivity contribution in [3.63, 3.8) is 0 Å². The van der Waals surface area contributed by atoms with Crippen LogP contribution in [0, 0.1) is 18.6 Å². The van der Waals surface area contributed by atoms with Crippen LogP contribution in [0.2, 0.25) is 0 Å². The molecule has 106 valence electrons. The van der Waals surface area contributed by atoms with Crippen LogP contribution in [-0.2, 0) is 13.6 Å². The number of nitrogens with two attached hydrogens (primary N) is 1. The van der Waals surface area contributed by atoms with Crippen LogP contribution in [0.4, 0.5) is 14.5 Å². The molecular formula is C13H14F2N4O. The lowest BCUT2D eigenvalue weighted by molar-refractivity contribution is 0.0946. The van der Waals surface area contributed by atoms with Crippen LogP contribution in [0.1, 0.15) is 21.6 Å². The number of halogens is 2. The number of hydrogen-bond donors (Lipinski definition) is 2. The van der Waals surface area contributed by atoms with Crippen molar-refractivity contribution in [3.05, 3.63) is 46.8 Å². The maximum Gasteiger partial charge on any atom is 0.254 e. The third kappa shape index (κ3) is 2.76. The van der Waals surface area contributed by atoms with Gasteiger partial charge >= 0.3 is 0 Å². The van der Waals surface area contributed by atoms with Gasteiger partial charge < -0.3 is 11.1 Å². The Balaban J connectivity index is 2.15. The number of nitrogen functional groups attached to an aromatic ring is 1. The summed E-state index contributed by atoms with van der Waals surface area (Å²) >= 11 is 0. The average molecular weight is 280 g/mol. The Labute approximate surface area is 114 Å². The van der Waals surface area contributed by atoms with Gasteiger partial charge in [-0.25, -0.2) is 8.78 Å². The largest absolute Gasteiger partial charge is 0.396 e. The van der Waals surface area contributed by atoms with E-state index >= 15 is 0 Å². The molecule has 0 aliphatic carbocycles. The number of anilines is 1. The highest BCUT2D eigenvalue weighted by Crippen LogP contribution is 2.17. The first-order valence-corrected chi connectivity index (χ1v) is 5.90. The van der Waals surface area contributed by atoms with Gasteiger partial charge in [-0.2, -0.15) is 5.10 Å². The normalized spacial score (nSPS) is 10.6. The quantitative estimate of drug-likeness (QED) is 0.837. The minimum Gasteiger partial charge on any atom is -0.396 e. The van der Waals surface area contributed by atoms with Crippen molar-refractivity contribution >= 4 is 11.6 Å². The summed E-state index contributed by atoms with van der Waals surface area (Å²) in [6, 6.07) is 1.65. The smallest absolute Gasteiger partial charge is 0.254 e. The zero-order chi connectivity index (χ0) is 14.9. The fourth-order valence-electron chi connectivity index (χ4n) is 1.87. The van der Waals surface area contributed by atoms with E-state index in [2.05, 4.69) is 10.4 Å². The molecule has 1 aromatic carbocycles. The molecule has 1 aromatic heterocycles. The number of hydrogen-bond acceptors (Lipinski definition) is 3. The van der Waals surface area contributed by atoms with Gasteiger partial charge in [-0.1, -0.05) is 0 Å². The van der Waals surface area contributed by atoms with Crippen molar-refractivity contribution in [2.24, 2.45) is 7.05 Å². The fraction of sp³-hybridized carbons (Fsp3) is 0.231. The van der Waals surface area contributed by atoms with Crippen LogP contribution in [0.25, 0.3) is 0 Å². The molecule has 3 N–H and O–H groups in total. The van der Waals surface area contributed by atoms with Gasteiger partial charge in [0.15, 0.2) is 5.82 Å². The number of rotatable bonds is 3. The summed E-state index contributed by atoms with van der Waals surface area (Å²) in [5, 5.41) is 6.63. The first kappa shape index (κ1) is 14.0. The van der Waals surface area contributed by atoms with Gasteiger partial charge in [-0.3, -0.25) is 9.48 Å². The van der Waals surface area contributed by atoms with Gasteiger partial charge in [-0.05, 0) is 19.1 Å². The highest BCUT2D eigenvalue weighted by atomic mass is 19.1. The molecule has 0 saturated carbocycles. The van der Waals surface area contributed by atoms with E-state index in [0.29, 0.717) is 0 Å². The van der Waals surface area contributed by atoms with Crippen LogP contribution in [0.15, 0.2) is 18.3 Å². The van der Waals surface area contributed by atoms with E-state index in [-0.39, 0.29) is 6.54 Å². The standard InChI is InChI=1S/C13H14F2N4O/c1-7-8(6-19(2)18-7)5-17-13(20)10-3-9(14)4-11(16)12(10)15/h3-4,6H,5,16H2,1-2H3,(H,17,20). The second-order valence-corrected chi connectivity index (χ2v) is 4.45. The van der Waals surface area contributed by atoms with Crippen molar-refractivity contribution in [2.75, 3.05) is 5.73 Å². The van der Waals surface area contributed by atoms with E-state index in [1.54, 1.807) is 24.9 Å². The van der Waals surface area contributed by atoms with E-state index < -0.39 is 28.8 Å². The van der Waals surface area contributed by atoms with E-state index in [1.165, 1.54) is 0 Å². The molecule has 20 heavy (non-hydrogen) atoms. The molecule has 1 heterocycles. The predicted molar refractivity (Wildman–Crippen MR) is 69.9 cm³/mol. The number of carbonyl (C=O) groups is 1. The zero-order valence-electron chi connectivity index (χ0n) is 11.1. The summed E-state index contributed by atoms with van der Waals surface area (Å²) in [7, 11) is 1.76. The van der Waals surface area contributed by atoms with Crippen molar-refractivity contribution in [2.45, 2.75) is 13.5 Å². The number of nitrogens with one attached hydrogen (secondary N) is 1. The molecule has 7 heteroatoms. The van der Waals surface area contributed by atoms with Crippen molar-refractivity contribution < 1.29 is 13.6 Å². The summed E-state index contributed by atoms with van der Waals surface area (Å²) in [5.74, 6) is -2.41. The zero-order valence-corrected chi connectivity index (χ0v) is 11.1. The summed E-state index contributed by atoms with van der Waals surface area (Å²) in [6.45, 7) is 1.97. The lowest BCUT2D eigenvalue weighted by Crippen LogP contribution is -2.24. The SMILES string of the molecule is Cc1nn(C)cc1CNC(=O)c1cc(F)cc(N)c1F.